The Labute approximate surface area is 103 Å². The smallest absolute Gasteiger partial charge is 0.175 e. The number of aromatic amines is 1. The summed E-state index contributed by atoms with van der Waals surface area (Å²) in [4.78, 5) is 13.9. The fraction of sp³-hybridized carbons (Fsp3) is 0.545. The molecule has 1 fully saturated rings. The van der Waals surface area contributed by atoms with Crippen LogP contribution in [0.1, 0.15) is 29.1 Å². The monoisotopic (exact) mass is 256 g/mol. The lowest BCUT2D eigenvalue weighted by Crippen LogP contribution is -2.32. The quantitative estimate of drug-likeness (QED) is 0.439. The Morgan fingerprint density at radius 1 is 1.50 bits per heavy atom. The van der Waals surface area contributed by atoms with Gasteiger partial charge in [0, 0.05) is 12.5 Å². The molecule has 2 rings (SSSR count). The van der Waals surface area contributed by atoms with E-state index < -0.39 is 31.0 Å². The third-order valence-electron chi connectivity index (χ3n) is 3.11. The first-order valence-corrected chi connectivity index (χ1v) is 5.57. The second-order valence-electron chi connectivity index (χ2n) is 4.37. The Morgan fingerprint density at radius 2 is 2.17 bits per heavy atom. The number of ketones is 1. The van der Waals surface area contributed by atoms with E-state index in [2.05, 4.69) is 4.98 Å². The second kappa shape index (κ2) is 4.69. The van der Waals surface area contributed by atoms with Crippen LogP contribution in [0.25, 0.3) is 0 Å². The van der Waals surface area contributed by atoms with Crippen LogP contribution in [0.2, 0.25) is 0 Å². The molecule has 1 aromatic heterocycles. The number of anilines is 1. The van der Waals surface area contributed by atoms with E-state index in [1.165, 1.54) is 13.0 Å². The zero-order valence-electron chi connectivity index (χ0n) is 9.83. The van der Waals surface area contributed by atoms with Gasteiger partial charge in [0.2, 0.25) is 0 Å². The molecule has 4 atom stereocenters. The lowest BCUT2D eigenvalue weighted by atomic mass is 10.0. The summed E-state index contributed by atoms with van der Waals surface area (Å²) in [5.74, 6) is 0.00901. The molecule has 1 saturated heterocycles. The number of hydrogen-bond donors (Lipinski definition) is 5. The number of hydrogen-bond acceptors (Lipinski definition) is 6. The highest BCUT2D eigenvalue weighted by Gasteiger charge is 2.44. The molecule has 2 heterocycles. The molecule has 1 aromatic rings. The number of aliphatic hydroxyl groups is 3. The Kier molecular flexibility index (Phi) is 3.40. The van der Waals surface area contributed by atoms with Gasteiger partial charge in [-0.25, -0.2) is 0 Å². The van der Waals surface area contributed by atoms with Gasteiger partial charge in [0.25, 0.3) is 0 Å². The van der Waals surface area contributed by atoms with Crippen molar-refractivity contribution in [2.24, 2.45) is 0 Å². The molecule has 0 unspecified atom stereocenters. The van der Waals surface area contributed by atoms with Gasteiger partial charge in [0.15, 0.2) is 5.78 Å². The Balaban J connectivity index is 2.29. The summed E-state index contributed by atoms with van der Waals surface area (Å²) in [7, 11) is 0. The van der Waals surface area contributed by atoms with E-state index in [4.69, 9.17) is 15.6 Å². The molecule has 0 amide bonds. The van der Waals surface area contributed by atoms with Gasteiger partial charge in [-0.1, -0.05) is 0 Å². The van der Waals surface area contributed by atoms with Gasteiger partial charge in [-0.2, -0.15) is 0 Å². The van der Waals surface area contributed by atoms with Crippen molar-refractivity contribution in [3.05, 3.63) is 17.3 Å². The first-order chi connectivity index (χ1) is 8.45. The molecule has 100 valence electrons. The number of rotatable bonds is 3. The fourth-order valence-corrected chi connectivity index (χ4v) is 2.07. The van der Waals surface area contributed by atoms with Gasteiger partial charge in [0.1, 0.15) is 30.2 Å². The van der Waals surface area contributed by atoms with Gasteiger partial charge in [-0.05, 0) is 6.07 Å². The number of nitrogens with one attached hydrogen (secondary N) is 1. The Bertz CT molecular complexity index is 458. The minimum Gasteiger partial charge on any atom is -0.394 e. The van der Waals surface area contributed by atoms with Gasteiger partial charge < -0.3 is 30.8 Å². The van der Waals surface area contributed by atoms with Gasteiger partial charge in [-0.3, -0.25) is 4.79 Å². The van der Waals surface area contributed by atoms with Crippen molar-refractivity contribution in [2.75, 3.05) is 12.3 Å². The van der Waals surface area contributed by atoms with Crippen LogP contribution in [-0.2, 0) is 4.74 Å². The molecule has 6 N–H and O–H groups in total. The first kappa shape index (κ1) is 13.0. The maximum atomic E-state index is 11.2. The zero-order valence-corrected chi connectivity index (χ0v) is 9.83. The van der Waals surface area contributed by atoms with Crippen molar-refractivity contribution in [1.29, 1.82) is 0 Å². The van der Waals surface area contributed by atoms with Crippen LogP contribution < -0.4 is 5.73 Å². The number of carbonyl (C=O) groups excluding carboxylic acids is 1. The summed E-state index contributed by atoms with van der Waals surface area (Å²) in [6, 6.07) is 1.48. The lowest BCUT2D eigenvalue weighted by molar-refractivity contribution is -0.0225. The molecule has 1 aliphatic heterocycles. The van der Waals surface area contributed by atoms with Gasteiger partial charge in [-0.15, -0.1) is 0 Å². The maximum Gasteiger partial charge on any atom is 0.175 e. The number of carbonyl (C=O) groups is 1. The molecule has 7 nitrogen and oxygen atoms in total. The zero-order chi connectivity index (χ0) is 13.4. The predicted molar refractivity (Wildman–Crippen MR) is 61.9 cm³/mol. The minimum absolute atomic E-state index is 0.195. The number of nitrogen functional groups attached to an aromatic ring is 1. The largest absolute Gasteiger partial charge is 0.394 e. The van der Waals surface area contributed by atoms with Gasteiger partial charge >= 0.3 is 0 Å². The number of ether oxygens (including phenoxy) is 1. The van der Waals surface area contributed by atoms with Crippen LogP contribution in [0, 0.1) is 0 Å². The normalized spacial score (nSPS) is 31.8. The fourth-order valence-electron chi connectivity index (χ4n) is 2.07. The molecule has 0 aromatic carbocycles. The summed E-state index contributed by atoms with van der Waals surface area (Å²) in [6.07, 6.45) is -4.10. The highest BCUT2D eigenvalue weighted by atomic mass is 16.6. The lowest BCUT2D eigenvalue weighted by Gasteiger charge is -2.13. The molecule has 7 heteroatoms. The van der Waals surface area contributed by atoms with Crippen molar-refractivity contribution in [1.82, 2.24) is 4.98 Å². The molecule has 0 radical (unpaired) electrons. The van der Waals surface area contributed by atoms with E-state index in [9.17, 15) is 15.0 Å². The second-order valence-corrected chi connectivity index (χ2v) is 4.37. The van der Waals surface area contributed by atoms with Gasteiger partial charge in [0.05, 0.1) is 12.3 Å². The highest BCUT2D eigenvalue weighted by molar-refractivity contribution is 5.93. The SMILES string of the molecule is CC(=O)c1cc([C@@H]2O[C@H](CO)[C@@H](O)[C@H]2O)c(N)[nH]1. The number of aliphatic hydroxyl groups excluding tert-OH is 3. The van der Waals surface area contributed by atoms with E-state index >= 15 is 0 Å². The third-order valence-corrected chi connectivity index (χ3v) is 3.11. The Morgan fingerprint density at radius 3 is 2.61 bits per heavy atom. The van der Waals surface area contributed by atoms with E-state index in [1.807, 2.05) is 0 Å². The maximum absolute atomic E-state index is 11.2. The van der Waals surface area contributed by atoms with Crippen LogP contribution >= 0.6 is 0 Å². The molecule has 0 aliphatic carbocycles. The number of nitrogens with two attached hydrogens (primary N) is 1. The molecule has 0 saturated carbocycles. The van der Waals surface area contributed by atoms with Crippen LogP contribution in [0.15, 0.2) is 6.07 Å². The van der Waals surface area contributed by atoms with Crippen molar-refractivity contribution >= 4 is 11.6 Å². The average Bonchev–Trinajstić information content (AvgIpc) is 2.83. The molecule has 0 bridgehead atoms. The topological polar surface area (TPSA) is 129 Å². The molecule has 1 aliphatic rings. The van der Waals surface area contributed by atoms with Crippen molar-refractivity contribution in [2.45, 2.75) is 31.3 Å². The van der Waals surface area contributed by atoms with Crippen molar-refractivity contribution in [3.8, 4) is 0 Å². The van der Waals surface area contributed by atoms with Crippen molar-refractivity contribution < 1.29 is 24.9 Å². The summed E-state index contributed by atoms with van der Waals surface area (Å²) < 4.78 is 5.33. The summed E-state index contributed by atoms with van der Waals surface area (Å²) in [5, 5.41) is 28.5. The average molecular weight is 256 g/mol. The van der Waals surface area contributed by atoms with Crippen LogP contribution in [0.4, 0.5) is 5.82 Å². The molecule has 18 heavy (non-hydrogen) atoms. The van der Waals surface area contributed by atoms with Crippen LogP contribution in [-0.4, -0.2) is 51.0 Å². The van der Waals surface area contributed by atoms with E-state index in [1.54, 1.807) is 0 Å². The minimum atomic E-state index is -1.19. The predicted octanol–water partition coefficient (Wildman–Crippen LogP) is -1.05. The summed E-state index contributed by atoms with van der Waals surface area (Å²) in [5.41, 5.74) is 6.42. The van der Waals surface area contributed by atoms with E-state index in [-0.39, 0.29) is 11.6 Å². The molecule has 0 spiro atoms. The van der Waals surface area contributed by atoms with Crippen LogP contribution in [0.5, 0.6) is 0 Å². The number of H-pyrrole nitrogens is 1. The number of Topliss-reactive ketones (excluding diaryl/α,β-unsaturated/α-hetero) is 1. The number of aromatic nitrogens is 1. The van der Waals surface area contributed by atoms with Crippen molar-refractivity contribution in [3.63, 3.8) is 0 Å². The standard InChI is InChI=1S/C11H16N2O5/c1-4(15)6-2-5(11(12)13-6)10-9(17)8(16)7(3-14)18-10/h2,7-10,13-14,16-17H,3,12H2,1H3/t7-,8-,9-,10+/m1/s1. The summed E-state index contributed by atoms with van der Waals surface area (Å²) in [6.45, 7) is 0.977. The third kappa shape index (κ3) is 2.01. The van der Waals surface area contributed by atoms with Crippen LogP contribution in [0.3, 0.4) is 0 Å². The first-order valence-electron chi connectivity index (χ1n) is 5.57. The van der Waals surface area contributed by atoms with E-state index in [0.717, 1.165) is 0 Å². The highest BCUT2D eigenvalue weighted by Crippen LogP contribution is 2.36. The van der Waals surface area contributed by atoms with E-state index in [0.29, 0.717) is 11.3 Å². The Hall–Kier alpha value is -1.41. The molecular formula is C11H16N2O5. The molecular weight excluding hydrogens is 240 g/mol. The summed E-state index contributed by atoms with van der Waals surface area (Å²) >= 11 is 0.